The van der Waals surface area contributed by atoms with Crippen LogP contribution in [-0.4, -0.2) is 27.9 Å². The smallest absolute Gasteiger partial charge is 0.236 e. The third-order valence-electron chi connectivity index (χ3n) is 4.52. The molecule has 1 fully saturated rings. The summed E-state index contributed by atoms with van der Waals surface area (Å²) in [5.41, 5.74) is 5.23. The maximum Gasteiger partial charge on any atom is 0.236 e. The van der Waals surface area contributed by atoms with E-state index in [1.807, 2.05) is 18.7 Å². The van der Waals surface area contributed by atoms with E-state index in [9.17, 15) is 4.79 Å². The first-order valence-corrected chi connectivity index (χ1v) is 7.44. The van der Waals surface area contributed by atoms with Gasteiger partial charge in [-0.05, 0) is 46.0 Å². The highest BCUT2D eigenvalue weighted by atomic mass is 32.1. The molecule has 1 aliphatic rings. The van der Waals surface area contributed by atoms with Crippen molar-refractivity contribution in [1.29, 1.82) is 0 Å². The first-order valence-electron chi connectivity index (χ1n) is 7.03. The molecule has 1 aliphatic heterocycles. The fraction of sp³-hybridized carbons (Fsp3) is 0.857. The largest absolute Gasteiger partial charge is 0.392 e. The molecule has 0 aromatic heterocycles. The van der Waals surface area contributed by atoms with Gasteiger partial charge in [-0.2, -0.15) is 0 Å². The van der Waals surface area contributed by atoms with Crippen LogP contribution in [0, 0.1) is 5.41 Å². The monoisotopic (exact) mass is 270 g/mol. The minimum Gasteiger partial charge on any atom is -0.392 e. The van der Waals surface area contributed by atoms with Gasteiger partial charge in [0.05, 0.1) is 10.4 Å². The summed E-state index contributed by atoms with van der Waals surface area (Å²) in [4.78, 5) is 15.3. The summed E-state index contributed by atoms with van der Waals surface area (Å²) in [6.07, 6.45) is 4.74. The summed E-state index contributed by atoms with van der Waals surface area (Å²) in [6.45, 7) is 8.26. The average molecular weight is 270 g/mol. The Bertz CT molecular complexity index is 316. The number of hydrogen-bond donors (Lipinski definition) is 1. The molecule has 2 unspecified atom stereocenters. The minimum atomic E-state index is -0.644. The van der Waals surface area contributed by atoms with Crippen molar-refractivity contribution in [3.63, 3.8) is 0 Å². The SMILES string of the molecule is CCC(CC)(C(=O)N1C(C)CCCC1C)C(N)=S. The van der Waals surface area contributed by atoms with E-state index in [1.165, 1.54) is 6.42 Å². The second-order valence-corrected chi connectivity index (χ2v) is 5.93. The maximum atomic E-state index is 12.9. The Balaban J connectivity index is 3.05. The number of nitrogens with two attached hydrogens (primary N) is 1. The minimum absolute atomic E-state index is 0.139. The lowest BCUT2D eigenvalue weighted by atomic mass is 9.79. The molecular weight excluding hydrogens is 244 g/mol. The van der Waals surface area contributed by atoms with Gasteiger partial charge in [0.15, 0.2) is 0 Å². The molecule has 2 atom stereocenters. The Kier molecular flexibility index (Phi) is 5.14. The van der Waals surface area contributed by atoms with Crippen molar-refractivity contribution < 1.29 is 4.79 Å². The summed E-state index contributed by atoms with van der Waals surface area (Å²) >= 11 is 5.18. The number of likely N-dealkylation sites (tertiary alicyclic amines) is 1. The van der Waals surface area contributed by atoms with E-state index in [0.717, 1.165) is 12.8 Å². The number of thiocarbonyl (C=S) groups is 1. The Morgan fingerprint density at radius 3 is 2.06 bits per heavy atom. The fourth-order valence-electron chi connectivity index (χ4n) is 3.08. The van der Waals surface area contributed by atoms with Crippen LogP contribution in [0.3, 0.4) is 0 Å². The van der Waals surface area contributed by atoms with Gasteiger partial charge in [0, 0.05) is 12.1 Å². The van der Waals surface area contributed by atoms with Gasteiger partial charge >= 0.3 is 0 Å². The molecule has 0 radical (unpaired) electrons. The standard InChI is InChI=1S/C14H26N2OS/c1-5-14(6-2,12(15)18)13(17)16-10(3)8-7-9-11(16)4/h10-11H,5-9H2,1-4H3,(H2,15,18). The van der Waals surface area contributed by atoms with Crippen LogP contribution in [0.15, 0.2) is 0 Å². The third-order valence-corrected chi connectivity index (χ3v) is 4.91. The molecule has 0 aromatic carbocycles. The van der Waals surface area contributed by atoms with Crippen LogP contribution in [0.25, 0.3) is 0 Å². The fourth-order valence-corrected chi connectivity index (χ4v) is 3.45. The lowest BCUT2D eigenvalue weighted by Gasteiger charge is -2.44. The van der Waals surface area contributed by atoms with E-state index in [0.29, 0.717) is 29.9 Å². The quantitative estimate of drug-likeness (QED) is 0.799. The molecule has 1 saturated heterocycles. The molecule has 104 valence electrons. The van der Waals surface area contributed by atoms with Crippen molar-refractivity contribution in [3.05, 3.63) is 0 Å². The van der Waals surface area contributed by atoms with E-state index < -0.39 is 5.41 Å². The van der Waals surface area contributed by atoms with Crippen LogP contribution in [0.5, 0.6) is 0 Å². The first kappa shape index (κ1) is 15.4. The zero-order valence-electron chi connectivity index (χ0n) is 12.0. The third kappa shape index (κ3) is 2.53. The highest BCUT2D eigenvalue weighted by molar-refractivity contribution is 7.80. The molecule has 18 heavy (non-hydrogen) atoms. The van der Waals surface area contributed by atoms with Gasteiger partial charge < -0.3 is 10.6 Å². The lowest BCUT2D eigenvalue weighted by molar-refractivity contribution is -0.145. The topological polar surface area (TPSA) is 46.3 Å². The lowest BCUT2D eigenvalue weighted by Crippen LogP contribution is -2.56. The van der Waals surface area contributed by atoms with E-state index >= 15 is 0 Å². The molecule has 3 nitrogen and oxygen atoms in total. The molecule has 1 amide bonds. The number of hydrogen-bond acceptors (Lipinski definition) is 2. The van der Waals surface area contributed by atoms with Crippen LogP contribution in [0.2, 0.25) is 0 Å². The van der Waals surface area contributed by atoms with E-state index in [4.69, 9.17) is 18.0 Å². The zero-order valence-corrected chi connectivity index (χ0v) is 12.8. The molecule has 1 heterocycles. The maximum absolute atomic E-state index is 12.9. The van der Waals surface area contributed by atoms with E-state index in [1.54, 1.807) is 0 Å². The predicted molar refractivity (Wildman–Crippen MR) is 79.4 cm³/mol. The highest BCUT2D eigenvalue weighted by Crippen LogP contribution is 2.34. The number of carbonyl (C=O) groups is 1. The number of piperidine rings is 1. The van der Waals surface area contributed by atoms with Crippen molar-refractivity contribution in [2.75, 3.05) is 0 Å². The molecular formula is C14H26N2OS. The molecule has 0 spiro atoms. The zero-order chi connectivity index (χ0) is 13.9. The van der Waals surface area contributed by atoms with E-state index in [2.05, 4.69) is 13.8 Å². The number of amides is 1. The number of carbonyl (C=O) groups excluding carboxylic acids is 1. The van der Waals surface area contributed by atoms with Crippen molar-refractivity contribution in [1.82, 2.24) is 4.90 Å². The first-order chi connectivity index (χ1) is 8.40. The van der Waals surface area contributed by atoms with Crippen molar-refractivity contribution in [3.8, 4) is 0 Å². The average Bonchev–Trinajstić information content (AvgIpc) is 2.30. The Morgan fingerprint density at radius 2 is 1.72 bits per heavy atom. The summed E-state index contributed by atoms with van der Waals surface area (Å²) < 4.78 is 0. The number of nitrogens with zero attached hydrogens (tertiary/aromatic N) is 1. The molecule has 0 saturated carbocycles. The van der Waals surface area contributed by atoms with Gasteiger partial charge in [-0.25, -0.2) is 0 Å². The van der Waals surface area contributed by atoms with Crippen LogP contribution >= 0.6 is 12.2 Å². The van der Waals surface area contributed by atoms with Gasteiger partial charge in [0.25, 0.3) is 0 Å². The summed E-state index contributed by atoms with van der Waals surface area (Å²) in [6, 6.07) is 0.598. The predicted octanol–water partition coefficient (Wildman–Crippen LogP) is 2.87. The van der Waals surface area contributed by atoms with Gasteiger partial charge in [-0.1, -0.05) is 26.1 Å². The summed E-state index contributed by atoms with van der Waals surface area (Å²) in [7, 11) is 0. The van der Waals surface area contributed by atoms with Crippen molar-refractivity contribution in [2.24, 2.45) is 11.1 Å². The van der Waals surface area contributed by atoms with Gasteiger partial charge in [0.2, 0.25) is 5.91 Å². The number of rotatable bonds is 4. The summed E-state index contributed by atoms with van der Waals surface area (Å²) in [5, 5.41) is 0. The van der Waals surface area contributed by atoms with Crippen molar-refractivity contribution in [2.45, 2.75) is 71.9 Å². The molecule has 0 aromatic rings. The van der Waals surface area contributed by atoms with Gasteiger partial charge in [0.1, 0.15) is 0 Å². The molecule has 4 heteroatoms. The van der Waals surface area contributed by atoms with Crippen LogP contribution in [0.1, 0.15) is 59.8 Å². The van der Waals surface area contributed by atoms with E-state index in [-0.39, 0.29) is 5.91 Å². The second kappa shape index (κ2) is 6.00. The Labute approximate surface area is 116 Å². The highest BCUT2D eigenvalue weighted by Gasteiger charge is 2.44. The van der Waals surface area contributed by atoms with Crippen LogP contribution in [-0.2, 0) is 4.79 Å². The van der Waals surface area contributed by atoms with Crippen LogP contribution < -0.4 is 5.73 Å². The van der Waals surface area contributed by atoms with Crippen LogP contribution in [0.4, 0.5) is 0 Å². The van der Waals surface area contributed by atoms with Gasteiger partial charge in [-0.3, -0.25) is 4.79 Å². The second-order valence-electron chi connectivity index (χ2n) is 5.49. The Hall–Kier alpha value is -0.640. The molecule has 0 bridgehead atoms. The Morgan fingerprint density at radius 1 is 1.28 bits per heavy atom. The molecule has 0 aliphatic carbocycles. The van der Waals surface area contributed by atoms with Crippen molar-refractivity contribution >= 4 is 23.1 Å². The molecule has 1 rings (SSSR count). The van der Waals surface area contributed by atoms with Gasteiger partial charge in [-0.15, -0.1) is 0 Å². The normalized spacial score (nSPS) is 25.0. The summed E-state index contributed by atoms with van der Waals surface area (Å²) in [5.74, 6) is 0.139. The molecule has 2 N–H and O–H groups in total.